The van der Waals surface area contributed by atoms with Crippen LogP contribution in [0.5, 0.6) is 0 Å². The van der Waals surface area contributed by atoms with Crippen LogP contribution in [-0.4, -0.2) is 49.2 Å². The maximum absolute atomic E-state index is 11.2. The minimum atomic E-state index is -0.574. The lowest BCUT2D eigenvalue weighted by molar-refractivity contribution is -0.152. The topological polar surface area (TPSA) is 78.9 Å². The van der Waals surface area contributed by atoms with Gasteiger partial charge in [-0.25, -0.2) is 4.79 Å². The third kappa shape index (κ3) is 11.6. The second-order valence-corrected chi connectivity index (χ2v) is 4.90. The molecule has 0 aliphatic heterocycles. The molecule has 114 valence electrons. The molecule has 20 heavy (non-hydrogen) atoms. The van der Waals surface area contributed by atoms with Crippen molar-refractivity contribution in [2.75, 3.05) is 31.3 Å². The molecule has 0 rings (SSSR count). The van der Waals surface area contributed by atoms with Crippen molar-refractivity contribution in [2.24, 2.45) is 0 Å². The van der Waals surface area contributed by atoms with E-state index in [9.17, 15) is 14.4 Å². The molecule has 0 N–H and O–H groups in total. The van der Waals surface area contributed by atoms with Crippen LogP contribution in [0.1, 0.15) is 19.8 Å². The van der Waals surface area contributed by atoms with E-state index in [4.69, 9.17) is 9.47 Å². The van der Waals surface area contributed by atoms with Crippen molar-refractivity contribution in [3.63, 3.8) is 0 Å². The Kier molecular flexibility index (Phi) is 11.6. The Labute approximate surface area is 122 Å². The number of thioether (sulfide) groups is 1. The highest BCUT2D eigenvalue weighted by atomic mass is 32.2. The summed E-state index contributed by atoms with van der Waals surface area (Å²) in [6.07, 6.45) is 0.964. The first kappa shape index (κ1) is 18.5. The molecule has 0 aliphatic carbocycles. The van der Waals surface area contributed by atoms with Gasteiger partial charge in [-0.2, -0.15) is 11.8 Å². The molecule has 0 radical (unpaired) electrons. The second-order valence-electron chi connectivity index (χ2n) is 3.51. The predicted molar refractivity (Wildman–Crippen MR) is 75.3 cm³/mol. The van der Waals surface area contributed by atoms with E-state index < -0.39 is 17.9 Å². The summed E-state index contributed by atoms with van der Waals surface area (Å²) in [6, 6.07) is 0. The molecule has 0 amide bonds. The number of carbonyl (C=O) groups is 3. The van der Waals surface area contributed by atoms with Gasteiger partial charge in [0.25, 0.3) is 0 Å². The fraction of sp³-hybridized carbons (Fsp3) is 0.615. The lowest BCUT2D eigenvalue weighted by Crippen LogP contribution is -2.15. The largest absolute Gasteiger partial charge is 0.465 e. The summed E-state index contributed by atoms with van der Waals surface area (Å²) in [7, 11) is 0. The van der Waals surface area contributed by atoms with Crippen molar-refractivity contribution in [2.45, 2.75) is 19.8 Å². The van der Waals surface area contributed by atoms with Crippen molar-refractivity contribution < 1.29 is 28.6 Å². The zero-order chi connectivity index (χ0) is 15.2. The van der Waals surface area contributed by atoms with Crippen LogP contribution >= 0.6 is 11.8 Å². The van der Waals surface area contributed by atoms with Gasteiger partial charge >= 0.3 is 17.9 Å². The lowest BCUT2D eigenvalue weighted by atomic mass is 10.3. The molecule has 0 bridgehead atoms. The van der Waals surface area contributed by atoms with Gasteiger partial charge in [0.05, 0.1) is 12.8 Å². The van der Waals surface area contributed by atoms with E-state index in [1.54, 1.807) is 11.8 Å². The van der Waals surface area contributed by atoms with Crippen LogP contribution < -0.4 is 0 Å². The van der Waals surface area contributed by atoms with Gasteiger partial charge in [-0.3, -0.25) is 9.59 Å². The van der Waals surface area contributed by atoms with E-state index in [1.165, 1.54) is 0 Å². The van der Waals surface area contributed by atoms with Crippen LogP contribution in [-0.2, 0) is 28.6 Å². The summed E-state index contributed by atoms with van der Waals surface area (Å²) >= 11 is 1.67. The first-order valence-electron chi connectivity index (χ1n) is 6.28. The molecule has 6 nitrogen and oxygen atoms in total. The number of hydrogen-bond acceptors (Lipinski definition) is 7. The van der Waals surface area contributed by atoms with Gasteiger partial charge < -0.3 is 14.2 Å². The van der Waals surface area contributed by atoms with Crippen molar-refractivity contribution in [3.05, 3.63) is 12.7 Å². The average Bonchev–Trinajstić information content (AvgIpc) is 2.45. The van der Waals surface area contributed by atoms with Crippen LogP contribution in [0.25, 0.3) is 0 Å². The molecule has 0 unspecified atom stereocenters. The summed E-state index contributed by atoms with van der Waals surface area (Å²) in [6.45, 7) is 5.52. The molecule has 0 aromatic rings. The summed E-state index contributed by atoms with van der Waals surface area (Å²) in [5.41, 5.74) is 0. The third-order valence-corrected chi connectivity index (χ3v) is 2.85. The number of rotatable bonds is 11. The minimum absolute atomic E-state index is 0.0118. The van der Waals surface area contributed by atoms with Crippen LogP contribution in [0.4, 0.5) is 0 Å². The zero-order valence-electron chi connectivity index (χ0n) is 11.6. The highest BCUT2D eigenvalue weighted by Crippen LogP contribution is 2.00. The molecule has 0 heterocycles. The van der Waals surface area contributed by atoms with Gasteiger partial charge in [0.1, 0.15) is 19.8 Å². The van der Waals surface area contributed by atoms with Crippen LogP contribution in [0, 0.1) is 0 Å². The summed E-state index contributed by atoms with van der Waals surface area (Å²) in [5, 5.41) is 0. The van der Waals surface area contributed by atoms with Crippen molar-refractivity contribution in [3.8, 4) is 0 Å². The van der Waals surface area contributed by atoms with Gasteiger partial charge in [0.2, 0.25) is 0 Å². The van der Waals surface area contributed by atoms with Crippen molar-refractivity contribution in [1.29, 1.82) is 0 Å². The van der Waals surface area contributed by atoms with Gasteiger partial charge in [-0.15, -0.1) is 0 Å². The van der Waals surface area contributed by atoms with Crippen molar-refractivity contribution in [1.82, 2.24) is 0 Å². The number of carbonyl (C=O) groups excluding carboxylic acids is 3. The summed E-state index contributed by atoms with van der Waals surface area (Å²) in [4.78, 5) is 33.2. The van der Waals surface area contributed by atoms with Crippen LogP contribution in [0.2, 0.25) is 0 Å². The van der Waals surface area contributed by atoms with Crippen LogP contribution in [0.3, 0.4) is 0 Å². The molecular weight excluding hydrogens is 284 g/mol. The number of ether oxygens (including phenoxy) is 3. The maximum atomic E-state index is 11.2. The summed E-state index contributed by atoms with van der Waals surface area (Å²) < 4.78 is 14.3. The third-order valence-electron chi connectivity index (χ3n) is 1.99. The lowest BCUT2D eigenvalue weighted by Gasteiger charge is -2.05. The van der Waals surface area contributed by atoms with Gasteiger partial charge in [-0.1, -0.05) is 13.5 Å². The molecule has 0 saturated heterocycles. The molecule has 0 fully saturated rings. The average molecular weight is 304 g/mol. The van der Waals surface area contributed by atoms with Gasteiger partial charge in [0, 0.05) is 11.8 Å². The Bertz CT molecular complexity index is 329. The van der Waals surface area contributed by atoms with E-state index in [0.29, 0.717) is 6.61 Å². The first-order chi connectivity index (χ1) is 9.60. The Balaban J connectivity index is 3.49. The quantitative estimate of drug-likeness (QED) is 0.246. The van der Waals surface area contributed by atoms with E-state index >= 15 is 0 Å². The molecule has 0 aromatic heterocycles. The van der Waals surface area contributed by atoms with E-state index in [-0.39, 0.29) is 26.1 Å². The predicted octanol–water partition coefficient (Wildman–Crippen LogP) is 1.34. The smallest absolute Gasteiger partial charge is 0.330 e. The van der Waals surface area contributed by atoms with E-state index in [0.717, 1.165) is 17.6 Å². The normalized spacial score (nSPS) is 9.65. The second kappa shape index (κ2) is 12.5. The highest BCUT2D eigenvalue weighted by molar-refractivity contribution is 7.99. The molecular formula is C13H20O6S. The number of hydrogen-bond donors (Lipinski definition) is 0. The Morgan fingerprint density at radius 3 is 2.10 bits per heavy atom. The molecule has 0 saturated carbocycles. The van der Waals surface area contributed by atoms with E-state index in [1.807, 2.05) is 6.92 Å². The molecule has 0 aliphatic rings. The van der Waals surface area contributed by atoms with E-state index in [2.05, 4.69) is 11.3 Å². The van der Waals surface area contributed by atoms with Crippen molar-refractivity contribution >= 4 is 29.7 Å². The highest BCUT2D eigenvalue weighted by Gasteiger charge is 2.09. The van der Waals surface area contributed by atoms with Gasteiger partial charge in [-0.05, 0) is 5.75 Å². The first-order valence-corrected chi connectivity index (χ1v) is 7.43. The molecule has 7 heteroatoms. The Morgan fingerprint density at radius 1 is 1.00 bits per heavy atom. The fourth-order valence-corrected chi connectivity index (χ4v) is 1.55. The van der Waals surface area contributed by atoms with Crippen LogP contribution in [0.15, 0.2) is 12.7 Å². The molecule has 0 atom stereocenters. The fourth-order valence-electron chi connectivity index (χ4n) is 1.06. The zero-order valence-corrected chi connectivity index (χ0v) is 12.4. The Hall–Kier alpha value is -1.50. The monoisotopic (exact) mass is 304 g/mol. The Morgan fingerprint density at radius 2 is 1.55 bits per heavy atom. The number of esters is 3. The standard InChI is InChI=1S/C13H20O6S/c1-3-11(14)17-7-8-18-12(15)5-6-13(16)19-9-10-20-4-2/h3H,1,4-10H2,2H3. The SMILES string of the molecule is C=CC(=O)OCCOC(=O)CCC(=O)OCCSCC. The molecule has 0 aromatic carbocycles. The van der Waals surface area contributed by atoms with Gasteiger partial charge in [0.15, 0.2) is 0 Å². The minimum Gasteiger partial charge on any atom is -0.465 e. The maximum Gasteiger partial charge on any atom is 0.330 e. The molecule has 0 spiro atoms. The summed E-state index contributed by atoms with van der Waals surface area (Å²) in [5.74, 6) is 0.202.